The molecular weight excluding hydrogens is 392 g/mol. The van der Waals surface area contributed by atoms with Crippen LogP contribution in [0, 0.1) is 0 Å². The third-order valence-corrected chi connectivity index (χ3v) is 4.56. The maximum Gasteiger partial charge on any atom is 0.312 e. The molecule has 2 heterocycles. The second-order valence-electron chi connectivity index (χ2n) is 6.03. The topological polar surface area (TPSA) is 110 Å². The molecule has 0 unspecified atom stereocenters. The minimum absolute atomic E-state index is 0.0257. The molecule has 0 aliphatic carbocycles. The Morgan fingerprint density at radius 1 is 1.10 bits per heavy atom. The first-order valence-electron chi connectivity index (χ1n) is 8.67. The van der Waals surface area contributed by atoms with Gasteiger partial charge in [0.15, 0.2) is 6.61 Å². The Bertz CT molecular complexity index is 1020. The largest absolute Gasteiger partial charge is 0.455 e. The van der Waals surface area contributed by atoms with E-state index in [1.807, 2.05) is 12.1 Å². The van der Waals surface area contributed by atoms with E-state index in [0.717, 1.165) is 10.6 Å². The number of thiazole rings is 1. The molecule has 0 spiro atoms. The Morgan fingerprint density at radius 2 is 1.90 bits per heavy atom. The van der Waals surface area contributed by atoms with E-state index in [4.69, 9.17) is 4.74 Å². The summed E-state index contributed by atoms with van der Waals surface area (Å²) >= 11 is 1.41. The smallest absolute Gasteiger partial charge is 0.312 e. The fourth-order valence-electron chi connectivity index (χ4n) is 2.43. The van der Waals surface area contributed by atoms with Crippen LogP contribution in [0.15, 0.2) is 54.2 Å². The van der Waals surface area contributed by atoms with Gasteiger partial charge in [0.2, 0.25) is 5.91 Å². The van der Waals surface area contributed by atoms with E-state index in [0.29, 0.717) is 17.1 Å². The van der Waals surface area contributed by atoms with Crippen LogP contribution in [0.1, 0.15) is 12.6 Å². The van der Waals surface area contributed by atoms with Gasteiger partial charge in [-0.1, -0.05) is 6.07 Å². The molecule has 148 valence electrons. The normalized spacial score (nSPS) is 10.2. The van der Waals surface area contributed by atoms with Gasteiger partial charge in [-0.15, -0.1) is 11.3 Å². The van der Waals surface area contributed by atoms with E-state index in [9.17, 15) is 14.4 Å². The van der Waals surface area contributed by atoms with E-state index in [1.54, 1.807) is 42.0 Å². The van der Waals surface area contributed by atoms with Gasteiger partial charge < -0.3 is 15.4 Å². The van der Waals surface area contributed by atoms with Gasteiger partial charge in [-0.3, -0.25) is 19.4 Å². The number of benzene rings is 1. The lowest BCUT2D eigenvalue weighted by Crippen LogP contribution is -2.21. The zero-order chi connectivity index (χ0) is 20.6. The summed E-state index contributed by atoms with van der Waals surface area (Å²) < 4.78 is 5.02. The molecule has 0 saturated heterocycles. The Hall–Kier alpha value is -3.59. The van der Waals surface area contributed by atoms with Crippen LogP contribution in [0.4, 0.5) is 11.4 Å². The second kappa shape index (κ2) is 9.56. The number of aromatic nitrogens is 2. The van der Waals surface area contributed by atoms with E-state index in [-0.39, 0.29) is 12.3 Å². The Kier molecular flexibility index (Phi) is 6.64. The molecule has 0 aliphatic heterocycles. The Labute approximate surface area is 171 Å². The van der Waals surface area contributed by atoms with Gasteiger partial charge in [-0.2, -0.15) is 0 Å². The SMILES string of the molecule is CC(=O)Nc1cccc(NC(=O)COC(=O)Cc2csc(-c3cccnc3)n2)c1. The van der Waals surface area contributed by atoms with Gasteiger partial charge in [0.1, 0.15) is 5.01 Å². The lowest BCUT2D eigenvalue weighted by Gasteiger charge is -2.08. The number of carbonyl (C=O) groups excluding carboxylic acids is 3. The molecule has 2 N–H and O–H groups in total. The molecule has 0 bridgehead atoms. The predicted octanol–water partition coefficient (Wildman–Crippen LogP) is 2.89. The molecule has 0 atom stereocenters. The van der Waals surface area contributed by atoms with Crippen LogP contribution in [0.25, 0.3) is 10.6 Å². The number of nitrogens with one attached hydrogen (secondary N) is 2. The molecule has 0 radical (unpaired) electrons. The first kappa shape index (κ1) is 20.2. The molecule has 2 amide bonds. The van der Waals surface area contributed by atoms with Crippen LogP contribution < -0.4 is 10.6 Å². The molecule has 3 aromatic rings. The number of esters is 1. The highest BCUT2D eigenvalue weighted by atomic mass is 32.1. The number of ether oxygens (including phenoxy) is 1. The molecule has 29 heavy (non-hydrogen) atoms. The number of nitrogens with zero attached hydrogens (tertiary/aromatic N) is 2. The highest BCUT2D eigenvalue weighted by Gasteiger charge is 2.12. The molecule has 0 saturated carbocycles. The minimum atomic E-state index is -0.546. The van der Waals surface area contributed by atoms with Crippen molar-refractivity contribution in [1.29, 1.82) is 0 Å². The maximum absolute atomic E-state index is 12.0. The van der Waals surface area contributed by atoms with Crippen LogP contribution in [-0.4, -0.2) is 34.4 Å². The van der Waals surface area contributed by atoms with Crippen LogP contribution in [0.3, 0.4) is 0 Å². The first-order valence-corrected chi connectivity index (χ1v) is 9.55. The van der Waals surface area contributed by atoms with E-state index >= 15 is 0 Å². The number of carbonyl (C=O) groups is 3. The van der Waals surface area contributed by atoms with Crippen molar-refractivity contribution in [3.05, 3.63) is 59.9 Å². The fraction of sp³-hybridized carbons (Fsp3) is 0.150. The number of anilines is 2. The highest BCUT2D eigenvalue weighted by Crippen LogP contribution is 2.23. The molecular formula is C20H18N4O4S. The monoisotopic (exact) mass is 410 g/mol. The number of hydrogen-bond acceptors (Lipinski definition) is 7. The Balaban J connectivity index is 1.48. The van der Waals surface area contributed by atoms with Crippen molar-refractivity contribution < 1.29 is 19.1 Å². The van der Waals surface area contributed by atoms with Crippen LogP contribution in [0.5, 0.6) is 0 Å². The number of amides is 2. The second-order valence-corrected chi connectivity index (χ2v) is 6.89. The average molecular weight is 410 g/mol. The number of pyridine rings is 1. The summed E-state index contributed by atoms with van der Waals surface area (Å²) in [6.45, 7) is 0.982. The van der Waals surface area contributed by atoms with Crippen molar-refractivity contribution in [2.75, 3.05) is 17.2 Å². The van der Waals surface area contributed by atoms with E-state index < -0.39 is 18.5 Å². The summed E-state index contributed by atoms with van der Waals surface area (Å²) in [6.07, 6.45) is 3.35. The summed E-state index contributed by atoms with van der Waals surface area (Å²) in [7, 11) is 0. The summed E-state index contributed by atoms with van der Waals surface area (Å²) in [5.41, 5.74) is 2.48. The lowest BCUT2D eigenvalue weighted by molar-refractivity contribution is -0.146. The van der Waals surface area contributed by atoms with Gasteiger partial charge in [0.05, 0.1) is 12.1 Å². The van der Waals surface area contributed by atoms with Crippen LogP contribution >= 0.6 is 11.3 Å². The molecule has 1 aromatic carbocycles. The van der Waals surface area contributed by atoms with Crippen LogP contribution in [0.2, 0.25) is 0 Å². The summed E-state index contributed by atoms with van der Waals surface area (Å²) in [5, 5.41) is 7.77. The quantitative estimate of drug-likeness (QED) is 0.580. The molecule has 3 rings (SSSR count). The molecule has 0 aliphatic rings. The lowest BCUT2D eigenvalue weighted by atomic mass is 10.2. The van der Waals surface area contributed by atoms with Crippen molar-refractivity contribution in [1.82, 2.24) is 9.97 Å². The molecule has 0 fully saturated rings. The van der Waals surface area contributed by atoms with Crippen molar-refractivity contribution in [2.24, 2.45) is 0 Å². The third kappa shape index (κ3) is 6.22. The fourth-order valence-corrected chi connectivity index (χ4v) is 3.24. The number of rotatable bonds is 7. The summed E-state index contributed by atoms with van der Waals surface area (Å²) in [5.74, 6) is -1.24. The third-order valence-electron chi connectivity index (χ3n) is 3.62. The van der Waals surface area contributed by atoms with Gasteiger partial charge in [-0.05, 0) is 30.3 Å². The van der Waals surface area contributed by atoms with Crippen molar-refractivity contribution in [2.45, 2.75) is 13.3 Å². The maximum atomic E-state index is 12.0. The van der Waals surface area contributed by atoms with Crippen molar-refractivity contribution >= 4 is 40.5 Å². The van der Waals surface area contributed by atoms with E-state index in [1.165, 1.54) is 18.3 Å². The van der Waals surface area contributed by atoms with Crippen molar-refractivity contribution in [3.8, 4) is 10.6 Å². The zero-order valence-corrected chi connectivity index (χ0v) is 16.4. The zero-order valence-electron chi connectivity index (χ0n) is 15.5. The van der Waals surface area contributed by atoms with Gasteiger partial charge >= 0.3 is 5.97 Å². The van der Waals surface area contributed by atoms with Gasteiger partial charge in [0, 0.05) is 41.6 Å². The van der Waals surface area contributed by atoms with Gasteiger partial charge in [-0.25, -0.2) is 4.98 Å². The Morgan fingerprint density at radius 3 is 2.62 bits per heavy atom. The molecule has 2 aromatic heterocycles. The standard InChI is InChI=1S/C20H18N4O4S/c1-13(25)22-15-5-2-6-16(8-15)23-18(26)11-28-19(27)9-17-12-29-20(24-17)14-4-3-7-21-10-14/h2-8,10,12H,9,11H2,1H3,(H,22,25)(H,23,26). The molecule has 9 heteroatoms. The van der Waals surface area contributed by atoms with Crippen molar-refractivity contribution in [3.63, 3.8) is 0 Å². The first-order chi connectivity index (χ1) is 14.0. The predicted molar refractivity (Wildman–Crippen MR) is 109 cm³/mol. The van der Waals surface area contributed by atoms with Gasteiger partial charge in [0.25, 0.3) is 5.91 Å². The summed E-state index contributed by atoms with van der Waals surface area (Å²) in [6, 6.07) is 10.4. The highest BCUT2D eigenvalue weighted by molar-refractivity contribution is 7.13. The molecule has 8 nitrogen and oxygen atoms in total. The summed E-state index contributed by atoms with van der Waals surface area (Å²) in [4.78, 5) is 43.5. The minimum Gasteiger partial charge on any atom is -0.455 e. The number of hydrogen-bond donors (Lipinski definition) is 2. The van der Waals surface area contributed by atoms with Crippen LogP contribution in [-0.2, 0) is 25.5 Å². The average Bonchev–Trinajstić information content (AvgIpc) is 3.15. The van der Waals surface area contributed by atoms with E-state index in [2.05, 4.69) is 20.6 Å².